The summed E-state index contributed by atoms with van der Waals surface area (Å²) in [5, 5.41) is 3.51. The highest BCUT2D eigenvalue weighted by Gasteiger charge is 2.68. The molecule has 0 saturated heterocycles. The lowest BCUT2D eigenvalue weighted by atomic mass is 9.38. The summed E-state index contributed by atoms with van der Waals surface area (Å²) in [7, 11) is 0. The van der Waals surface area contributed by atoms with Gasteiger partial charge in [0.15, 0.2) is 5.78 Å². The van der Waals surface area contributed by atoms with Gasteiger partial charge < -0.3 is 10.1 Å². The van der Waals surface area contributed by atoms with Crippen molar-refractivity contribution in [1.29, 1.82) is 0 Å². The lowest BCUT2D eigenvalue weighted by molar-refractivity contribution is -0.147. The van der Waals surface area contributed by atoms with E-state index in [1.807, 2.05) is 12.1 Å². The van der Waals surface area contributed by atoms with E-state index in [0.717, 1.165) is 19.3 Å². The predicted molar refractivity (Wildman–Crippen MR) is 119 cm³/mol. The van der Waals surface area contributed by atoms with Gasteiger partial charge in [-0.25, -0.2) is 9.37 Å². The molecule has 2 bridgehead atoms. The Hall–Kier alpha value is -3.19. The maximum atomic E-state index is 13.5. The number of halogens is 2. The Balaban J connectivity index is 1.15. The Morgan fingerprint density at radius 1 is 1.16 bits per heavy atom. The lowest BCUT2D eigenvalue weighted by Crippen LogP contribution is -2.71. The van der Waals surface area contributed by atoms with Crippen molar-refractivity contribution in [1.82, 2.24) is 9.55 Å². The molecule has 0 aliphatic heterocycles. The van der Waals surface area contributed by atoms with Crippen molar-refractivity contribution >= 4 is 23.2 Å². The molecule has 0 amide bonds. The molecule has 164 valence electrons. The standard InChI is InChI=1S/C24H21ClFN3O3/c25-18-8-7-17(10-19(18)26)32-12-16(30)11-23-13-24(14-23,15-23)28-20-4-3-5-21(27-20)29-9-2-1-6-22(29)31/h1-10H,11-15H2,(H,27,28). The van der Waals surface area contributed by atoms with E-state index in [0.29, 0.717) is 23.8 Å². The van der Waals surface area contributed by atoms with Crippen LogP contribution in [0.3, 0.4) is 0 Å². The largest absolute Gasteiger partial charge is 0.486 e. The predicted octanol–water partition coefficient (Wildman–Crippen LogP) is 4.40. The van der Waals surface area contributed by atoms with Crippen LogP contribution in [0.1, 0.15) is 25.7 Å². The van der Waals surface area contributed by atoms with Gasteiger partial charge in [0.1, 0.15) is 29.8 Å². The van der Waals surface area contributed by atoms with Crippen LogP contribution in [-0.2, 0) is 4.79 Å². The number of ketones is 1. The van der Waals surface area contributed by atoms with Crippen LogP contribution in [0.5, 0.6) is 5.75 Å². The fourth-order valence-corrected chi connectivity index (χ4v) is 5.15. The lowest BCUT2D eigenvalue weighted by Gasteiger charge is -2.71. The third-order valence-corrected chi connectivity index (χ3v) is 6.51. The maximum Gasteiger partial charge on any atom is 0.256 e. The van der Waals surface area contributed by atoms with E-state index in [1.165, 1.54) is 22.8 Å². The normalized spacial score (nSPS) is 23.1. The van der Waals surface area contributed by atoms with Gasteiger partial charge in [0.25, 0.3) is 5.56 Å². The minimum atomic E-state index is -0.570. The van der Waals surface area contributed by atoms with E-state index in [2.05, 4.69) is 10.3 Å². The molecule has 3 saturated carbocycles. The summed E-state index contributed by atoms with van der Waals surface area (Å²) < 4.78 is 20.4. The van der Waals surface area contributed by atoms with Crippen LogP contribution in [0.25, 0.3) is 5.82 Å². The highest BCUT2D eigenvalue weighted by molar-refractivity contribution is 6.30. The van der Waals surface area contributed by atoms with Crippen LogP contribution >= 0.6 is 11.6 Å². The van der Waals surface area contributed by atoms with Gasteiger partial charge in [0, 0.05) is 30.3 Å². The molecule has 6 rings (SSSR count). The first-order valence-electron chi connectivity index (χ1n) is 10.4. The first-order valence-corrected chi connectivity index (χ1v) is 10.8. The molecular weight excluding hydrogens is 433 g/mol. The first-order chi connectivity index (χ1) is 15.4. The third-order valence-electron chi connectivity index (χ3n) is 6.20. The van der Waals surface area contributed by atoms with Crippen molar-refractivity contribution in [3.63, 3.8) is 0 Å². The first kappa shape index (κ1) is 20.7. The number of benzene rings is 1. The SMILES string of the molecule is O=C(COc1ccc(Cl)c(F)c1)CC12CC(Nc3cccc(-n4ccccc4=O)n3)(C1)C2. The van der Waals surface area contributed by atoms with Gasteiger partial charge >= 0.3 is 0 Å². The third kappa shape index (κ3) is 3.88. The van der Waals surface area contributed by atoms with Gasteiger partial charge in [-0.15, -0.1) is 0 Å². The maximum absolute atomic E-state index is 13.5. The van der Waals surface area contributed by atoms with E-state index in [-0.39, 0.29) is 33.9 Å². The number of rotatable bonds is 8. The molecule has 3 aromatic rings. The Labute approximate surface area is 189 Å². The van der Waals surface area contributed by atoms with E-state index >= 15 is 0 Å². The topological polar surface area (TPSA) is 73.2 Å². The number of Topliss-reactive ketones (excluding diaryl/α,β-unsaturated/α-hetero) is 1. The fraction of sp³-hybridized carbons (Fsp3) is 0.292. The van der Waals surface area contributed by atoms with E-state index in [4.69, 9.17) is 16.3 Å². The minimum Gasteiger partial charge on any atom is -0.486 e. The van der Waals surface area contributed by atoms with Gasteiger partial charge in [-0.1, -0.05) is 23.7 Å². The number of carbonyl (C=O) groups excluding carboxylic acids is 1. The van der Waals surface area contributed by atoms with Crippen LogP contribution in [0.2, 0.25) is 5.02 Å². The molecule has 1 aromatic carbocycles. The minimum absolute atomic E-state index is 0.00256. The van der Waals surface area contributed by atoms with Crippen molar-refractivity contribution in [3.05, 3.63) is 82.0 Å². The van der Waals surface area contributed by atoms with Crippen molar-refractivity contribution in [3.8, 4) is 11.6 Å². The molecule has 0 spiro atoms. The van der Waals surface area contributed by atoms with Gasteiger partial charge in [-0.3, -0.25) is 14.2 Å². The number of anilines is 1. The molecule has 3 aliphatic rings. The monoisotopic (exact) mass is 453 g/mol. The van der Waals surface area contributed by atoms with E-state index < -0.39 is 5.82 Å². The molecule has 1 N–H and O–H groups in total. The number of nitrogens with zero attached hydrogens (tertiary/aromatic N) is 2. The molecule has 0 atom stereocenters. The van der Waals surface area contributed by atoms with Gasteiger partial charge in [0.2, 0.25) is 0 Å². The summed E-state index contributed by atoms with van der Waals surface area (Å²) >= 11 is 5.66. The smallest absolute Gasteiger partial charge is 0.256 e. The van der Waals surface area contributed by atoms with Crippen molar-refractivity contribution < 1.29 is 13.9 Å². The van der Waals surface area contributed by atoms with Crippen LogP contribution in [0.15, 0.2) is 65.6 Å². The molecule has 0 radical (unpaired) electrons. The summed E-state index contributed by atoms with van der Waals surface area (Å²) in [5.41, 5.74) is -0.177. The quantitative estimate of drug-likeness (QED) is 0.547. The highest BCUT2D eigenvalue weighted by atomic mass is 35.5. The van der Waals surface area contributed by atoms with Crippen molar-refractivity contribution in [2.45, 2.75) is 31.2 Å². The van der Waals surface area contributed by atoms with Gasteiger partial charge in [-0.2, -0.15) is 0 Å². The number of hydrogen-bond donors (Lipinski definition) is 1. The molecule has 6 nitrogen and oxygen atoms in total. The number of nitrogens with one attached hydrogen (secondary N) is 1. The van der Waals surface area contributed by atoms with Gasteiger partial charge in [0.05, 0.1) is 5.02 Å². The second kappa shape index (κ2) is 7.74. The molecule has 0 unspecified atom stereocenters. The number of ether oxygens (including phenoxy) is 1. The van der Waals surface area contributed by atoms with Crippen molar-refractivity contribution in [2.24, 2.45) is 5.41 Å². The summed E-state index contributed by atoms with van der Waals surface area (Å²) in [6.07, 6.45) is 4.80. The number of carbonyl (C=O) groups is 1. The molecule has 3 fully saturated rings. The van der Waals surface area contributed by atoms with E-state index in [9.17, 15) is 14.0 Å². The summed E-state index contributed by atoms with van der Waals surface area (Å²) in [6, 6.07) is 14.7. The molecule has 8 heteroatoms. The molecule has 2 heterocycles. The Kier molecular flexibility index (Phi) is 5.01. The summed E-state index contributed by atoms with van der Waals surface area (Å²) in [4.78, 5) is 29.0. The van der Waals surface area contributed by atoms with Gasteiger partial charge in [-0.05, 0) is 55.0 Å². The average Bonchev–Trinajstić information content (AvgIpc) is 2.73. The molecule has 2 aromatic heterocycles. The second-order valence-electron chi connectivity index (χ2n) is 8.81. The average molecular weight is 454 g/mol. The Bertz CT molecular complexity index is 1240. The Morgan fingerprint density at radius 3 is 2.72 bits per heavy atom. The zero-order chi connectivity index (χ0) is 22.3. The van der Waals surface area contributed by atoms with E-state index in [1.54, 1.807) is 30.5 Å². The summed E-state index contributed by atoms with van der Waals surface area (Å²) in [6.45, 7) is -0.0846. The highest BCUT2D eigenvalue weighted by Crippen LogP contribution is 2.70. The Morgan fingerprint density at radius 2 is 1.97 bits per heavy atom. The molecular formula is C24H21ClFN3O3. The fourth-order valence-electron chi connectivity index (χ4n) is 5.03. The number of aromatic nitrogens is 2. The van der Waals surface area contributed by atoms with Crippen LogP contribution < -0.4 is 15.6 Å². The number of pyridine rings is 2. The van der Waals surface area contributed by atoms with Crippen LogP contribution in [-0.4, -0.2) is 27.5 Å². The number of hydrogen-bond acceptors (Lipinski definition) is 5. The molecule has 3 aliphatic carbocycles. The van der Waals surface area contributed by atoms with Crippen LogP contribution in [0.4, 0.5) is 10.2 Å². The van der Waals surface area contributed by atoms with Crippen LogP contribution in [0, 0.1) is 11.2 Å². The zero-order valence-corrected chi connectivity index (χ0v) is 17.9. The summed E-state index contributed by atoms with van der Waals surface area (Å²) in [5.74, 6) is 0.995. The second-order valence-corrected chi connectivity index (χ2v) is 9.21. The zero-order valence-electron chi connectivity index (χ0n) is 17.2. The van der Waals surface area contributed by atoms with Crippen molar-refractivity contribution in [2.75, 3.05) is 11.9 Å². The molecule has 32 heavy (non-hydrogen) atoms.